The van der Waals surface area contributed by atoms with Gasteiger partial charge in [0.25, 0.3) is 5.91 Å². The number of amides is 1. The fraction of sp³-hybridized carbons (Fsp3) is 0.611. The van der Waals surface area contributed by atoms with Gasteiger partial charge in [-0.2, -0.15) is 0 Å². The Morgan fingerprint density at radius 3 is 3.00 bits per heavy atom. The van der Waals surface area contributed by atoms with Gasteiger partial charge in [0, 0.05) is 30.6 Å². The lowest BCUT2D eigenvalue weighted by atomic mass is 9.69. The van der Waals surface area contributed by atoms with Crippen molar-refractivity contribution >= 4 is 5.91 Å². The van der Waals surface area contributed by atoms with Crippen LogP contribution in [0.5, 0.6) is 5.75 Å². The molecule has 1 N–H and O–H groups in total. The number of piperidine rings is 2. The molecule has 0 radical (unpaired) electrons. The molecule has 0 aromatic heterocycles. The fourth-order valence-electron chi connectivity index (χ4n) is 4.04. The molecule has 2 fully saturated rings. The summed E-state index contributed by atoms with van der Waals surface area (Å²) in [6, 6.07) is 5.99. The molecule has 6 heteroatoms. The Kier molecular flexibility index (Phi) is 5.06. The molecular weight excluding hydrogens is 311 g/mol. The van der Waals surface area contributed by atoms with Crippen molar-refractivity contribution in [3.8, 4) is 5.75 Å². The van der Waals surface area contributed by atoms with E-state index in [0.29, 0.717) is 18.8 Å². The first-order valence-corrected chi connectivity index (χ1v) is 8.51. The summed E-state index contributed by atoms with van der Waals surface area (Å²) in [6.45, 7) is 2.32. The van der Waals surface area contributed by atoms with E-state index in [-0.39, 0.29) is 36.4 Å². The molecule has 0 aliphatic carbocycles. The van der Waals surface area contributed by atoms with Crippen LogP contribution in [0.1, 0.15) is 19.3 Å². The van der Waals surface area contributed by atoms with E-state index in [1.807, 2.05) is 0 Å². The first-order chi connectivity index (χ1) is 11.5. The van der Waals surface area contributed by atoms with Crippen LogP contribution in [0, 0.1) is 11.2 Å². The second-order valence-electron chi connectivity index (χ2n) is 6.96. The maximum absolute atomic E-state index is 13.2. The molecule has 2 aliphatic heterocycles. The average Bonchev–Trinajstić information content (AvgIpc) is 2.60. The maximum atomic E-state index is 13.2. The number of hydrogen-bond donors (Lipinski definition) is 1. The number of aliphatic hydroxyl groups is 1. The van der Waals surface area contributed by atoms with Gasteiger partial charge >= 0.3 is 0 Å². The smallest absolute Gasteiger partial charge is 0.260 e. The molecule has 1 aromatic carbocycles. The van der Waals surface area contributed by atoms with Gasteiger partial charge in [0.2, 0.25) is 0 Å². The van der Waals surface area contributed by atoms with E-state index >= 15 is 0 Å². The number of likely N-dealkylation sites (N-methyl/N-ethyl adjacent to an activating group) is 1. The Morgan fingerprint density at radius 2 is 2.25 bits per heavy atom. The van der Waals surface area contributed by atoms with Gasteiger partial charge in [0.15, 0.2) is 6.61 Å². The van der Waals surface area contributed by atoms with E-state index in [1.54, 1.807) is 17.0 Å². The molecule has 2 saturated heterocycles. The number of fused-ring (bicyclic) bond motifs is 1. The number of carbonyl (C=O) groups is 1. The lowest BCUT2D eigenvalue weighted by Crippen LogP contribution is -2.62. The molecule has 3 rings (SSSR count). The first kappa shape index (κ1) is 17.2. The SMILES string of the molecule is CN1CCC[C@]2(CO)CCN(C(=O)COc3cccc(F)c3)C[C@@H]12. The number of aliphatic hydroxyl groups excluding tert-OH is 1. The van der Waals surface area contributed by atoms with Gasteiger partial charge in [-0.25, -0.2) is 4.39 Å². The Morgan fingerprint density at radius 1 is 1.42 bits per heavy atom. The van der Waals surface area contributed by atoms with Crippen LogP contribution in [0.25, 0.3) is 0 Å². The van der Waals surface area contributed by atoms with E-state index in [9.17, 15) is 14.3 Å². The monoisotopic (exact) mass is 336 g/mol. The quantitative estimate of drug-likeness (QED) is 0.906. The summed E-state index contributed by atoms with van der Waals surface area (Å²) in [6.07, 6.45) is 2.91. The zero-order valence-corrected chi connectivity index (χ0v) is 14.1. The summed E-state index contributed by atoms with van der Waals surface area (Å²) in [4.78, 5) is 16.5. The highest BCUT2D eigenvalue weighted by Crippen LogP contribution is 2.41. The topological polar surface area (TPSA) is 53.0 Å². The van der Waals surface area contributed by atoms with E-state index in [1.165, 1.54) is 12.1 Å². The highest BCUT2D eigenvalue weighted by atomic mass is 19.1. The number of carbonyl (C=O) groups excluding carboxylic acids is 1. The third-order valence-corrected chi connectivity index (χ3v) is 5.52. The number of halogens is 1. The minimum absolute atomic E-state index is 0.0901. The van der Waals surface area contributed by atoms with E-state index < -0.39 is 0 Å². The van der Waals surface area contributed by atoms with Gasteiger partial charge in [-0.15, -0.1) is 0 Å². The summed E-state index contributed by atoms with van der Waals surface area (Å²) >= 11 is 0. The van der Waals surface area contributed by atoms with Gasteiger partial charge in [-0.3, -0.25) is 4.79 Å². The molecule has 0 bridgehead atoms. The van der Waals surface area contributed by atoms with Crippen molar-refractivity contribution in [2.45, 2.75) is 25.3 Å². The van der Waals surface area contributed by atoms with Crippen molar-refractivity contribution in [1.82, 2.24) is 9.80 Å². The zero-order chi connectivity index (χ0) is 17.2. The Labute approximate surface area is 142 Å². The summed E-state index contributed by atoms with van der Waals surface area (Å²) in [7, 11) is 2.06. The molecule has 5 nitrogen and oxygen atoms in total. The van der Waals surface area contributed by atoms with E-state index in [0.717, 1.165) is 25.8 Å². The number of hydrogen-bond acceptors (Lipinski definition) is 4. The molecule has 2 atom stereocenters. The molecule has 132 valence electrons. The minimum atomic E-state index is -0.380. The number of likely N-dealkylation sites (tertiary alicyclic amines) is 2. The largest absolute Gasteiger partial charge is 0.484 e. The number of ether oxygens (including phenoxy) is 1. The van der Waals surface area contributed by atoms with Crippen LogP contribution in [-0.2, 0) is 4.79 Å². The van der Waals surface area contributed by atoms with E-state index in [2.05, 4.69) is 11.9 Å². The van der Waals surface area contributed by atoms with Crippen molar-refractivity contribution in [2.24, 2.45) is 5.41 Å². The average molecular weight is 336 g/mol. The summed E-state index contributed by atoms with van der Waals surface area (Å²) < 4.78 is 18.6. The van der Waals surface area contributed by atoms with Crippen LogP contribution in [-0.4, -0.2) is 66.8 Å². The summed E-state index contributed by atoms with van der Waals surface area (Å²) in [5, 5.41) is 9.91. The number of rotatable bonds is 4. The lowest BCUT2D eigenvalue weighted by Gasteiger charge is -2.53. The fourth-order valence-corrected chi connectivity index (χ4v) is 4.04. The van der Waals surface area contributed by atoms with Crippen LogP contribution in [0.15, 0.2) is 24.3 Å². The van der Waals surface area contributed by atoms with Crippen LogP contribution in [0.3, 0.4) is 0 Å². The number of benzene rings is 1. The summed E-state index contributed by atoms with van der Waals surface area (Å²) in [5.41, 5.74) is -0.0901. The van der Waals surface area contributed by atoms with Crippen molar-refractivity contribution in [3.63, 3.8) is 0 Å². The van der Waals surface area contributed by atoms with E-state index in [4.69, 9.17) is 4.74 Å². The maximum Gasteiger partial charge on any atom is 0.260 e. The van der Waals surface area contributed by atoms with Gasteiger partial charge in [-0.05, 0) is 45.0 Å². The van der Waals surface area contributed by atoms with Gasteiger partial charge in [0.1, 0.15) is 11.6 Å². The Hall–Kier alpha value is -1.66. The predicted octanol–water partition coefficient (Wildman–Crippen LogP) is 1.51. The zero-order valence-electron chi connectivity index (χ0n) is 14.1. The van der Waals surface area contributed by atoms with Crippen LogP contribution in [0.4, 0.5) is 4.39 Å². The standard InChI is InChI=1S/C18H25FN2O3/c1-20-8-3-6-18(13-22)7-9-21(11-16(18)20)17(23)12-24-15-5-2-4-14(19)10-15/h2,4-5,10,16,22H,3,6-9,11-13H2,1H3/t16-,18-/m1/s1. The molecule has 0 unspecified atom stereocenters. The lowest BCUT2D eigenvalue weighted by molar-refractivity contribution is -0.141. The third-order valence-electron chi connectivity index (χ3n) is 5.52. The van der Waals surface area contributed by atoms with Crippen LogP contribution >= 0.6 is 0 Å². The first-order valence-electron chi connectivity index (χ1n) is 8.51. The molecule has 0 saturated carbocycles. The van der Waals surface area contributed by atoms with Crippen molar-refractivity contribution in [3.05, 3.63) is 30.1 Å². The molecule has 0 spiro atoms. The Balaban J connectivity index is 1.60. The van der Waals surface area contributed by atoms with Gasteiger partial charge in [0.05, 0.1) is 6.61 Å². The molecule has 1 amide bonds. The van der Waals surface area contributed by atoms with Crippen LogP contribution in [0.2, 0.25) is 0 Å². The Bertz CT molecular complexity index is 597. The highest BCUT2D eigenvalue weighted by Gasteiger charge is 2.47. The minimum Gasteiger partial charge on any atom is -0.484 e. The number of nitrogens with zero attached hydrogens (tertiary/aromatic N) is 2. The predicted molar refractivity (Wildman–Crippen MR) is 88.3 cm³/mol. The molecular formula is C18H25FN2O3. The molecule has 2 aliphatic rings. The van der Waals surface area contributed by atoms with Gasteiger partial charge < -0.3 is 19.6 Å². The molecule has 24 heavy (non-hydrogen) atoms. The normalized spacial score (nSPS) is 27.6. The second kappa shape index (κ2) is 7.07. The second-order valence-corrected chi connectivity index (χ2v) is 6.96. The molecule has 2 heterocycles. The summed E-state index contributed by atoms with van der Waals surface area (Å²) in [5.74, 6) is -0.112. The highest BCUT2D eigenvalue weighted by molar-refractivity contribution is 5.78. The molecule has 1 aromatic rings. The van der Waals surface area contributed by atoms with Gasteiger partial charge in [-0.1, -0.05) is 6.07 Å². The van der Waals surface area contributed by atoms with Crippen molar-refractivity contribution < 1.29 is 19.0 Å². The van der Waals surface area contributed by atoms with Crippen LogP contribution < -0.4 is 4.74 Å². The third kappa shape index (κ3) is 3.39. The van der Waals surface area contributed by atoms with Crippen molar-refractivity contribution in [2.75, 3.05) is 39.9 Å². The van der Waals surface area contributed by atoms with Crippen molar-refractivity contribution in [1.29, 1.82) is 0 Å².